The molecule has 0 unspecified atom stereocenters. The number of thiocarbonyl (C=S) groups is 1. The van der Waals surface area contributed by atoms with E-state index >= 15 is 0 Å². The van der Waals surface area contributed by atoms with Crippen molar-refractivity contribution in [2.45, 2.75) is 60.3 Å². The van der Waals surface area contributed by atoms with Crippen molar-refractivity contribution in [2.24, 2.45) is 17.8 Å². The number of hydrogen-bond donors (Lipinski definition) is 0. The fourth-order valence-electron chi connectivity index (χ4n) is 1.94. The molecule has 0 saturated carbocycles. The molecule has 96 valence electrons. The van der Waals surface area contributed by atoms with Crippen LogP contribution in [0, 0.1) is 17.8 Å². The van der Waals surface area contributed by atoms with Crippen LogP contribution in [0.2, 0.25) is 0 Å². The van der Waals surface area contributed by atoms with E-state index in [-0.39, 0.29) is 0 Å². The van der Waals surface area contributed by atoms with Gasteiger partial charge in [0.2, 0.25) is 0 Å². The molecule has 16 heavy (non-hydrogen) atoms. The Balaban J connectivity index is 3.79. The highest BCUT2D eigenvalue weighted by Crippen LogP contribution is 2.26. The van der Waals surface area contributed by atoms with Gasteiger partial charge in [-0.3, -0.25) is 0 Å². The summed E-state index contributed by atoms with van der Waals surface area (Å²) in [6.45, 7) is 11.5. The molecule has 0 rings (SSSR count). The Hall–Kier alpha value is 0.440. The maximum atomic E-state index is 5.42. The van der Waals surface area contributed by atoms with Crippen LogP contribution in [0.25, 0.3) is 0 Å². The van der Waals surface area contributed by atoms with E-state index in [4.69, 9.17) is 12.2 Å². The molecule has 0 N–H and O–H groups in total. The molecule has 0 bridgehead atoms. The predicted octanol–water partition coefficient (Wildman–Crippen LogP) is 5.56. The van der Waals surface area contributed by atoms with E-state index < -0.39 is 0 Å². The van der Waals surface area contributed by atoms with Crippen molar-refractivity contribution in [2.75, 3.05) is 5.75 Å². The Kier molecular flexibility index (Phi) is 9.73. The lowest BCUT2D eigenvalue weighted by molar-refractivity contribution is 0.323. The molecule has 0 aromatic heterocycles. The molecular formula is C14H28S2. The summed E-state index contributed by atoms with van der Waals surface area (Å²) < 4.78 is 1.22. The summed E-state index contributed by atoms with van der Waals surface area (Å²) in [5.74, 6) is 3.55. The topological polar surface area (TPSA) is 0 Å². The third-order valence-electron chi connectivity index (χ3n) is 3.13. The molecule has 0 atom stereocenters. The average molecular weight is 261 g/mol. The Labute approximate surface area is 112 Å². The van der Waals surface area contributed by atoms with Crippen LogP contribution in [-0.2, 0) is 0 Å². The fraction of sp³-hybridized carbons (Fsp3) is 0.929. The lowest BCUT2D eigenvalue weighted by Gasteiger charge is -2.24. The van der Waals surface area contributed by atoms with Crippen LogP contribution < -0.4 is 0 Å². The maximum absolute atomic E-state index is 5.42. The number of unbranched alkanes of at least 4 members (excludes halogenated alkanes) is 2. The van der Waals surface area contributed by atoms with Crippen LogP contribution in [-0.4, -0.2) is 9.95 Å². The van der Waals surface area contributed by atoms with E-state index in [1.165, 1.54) is 29.2 Å². The largest absolute Gasteiger partial charge is 0.119 e. The summed E-state index contributed by atoms with van der Waals surface area (Å²) in [6, 6.07) is 0. The zero-order chi connectivity index (χ0) is 12.6. The van der Waals surface area contributed by atoms with Crippen molar-refractivity contribution < 1.29 is 0 Å². The highest BCUT2D eigenvalue weighted by atomic mass is 32.2. The van der Waals surface area contributed by atoms with Gasteiger partial charge in [0, 0.05) is 9.95 Å². The third-order valence-corrected chi connectivity index (χ3v) is 4.77. The normalized spacial score (nSPS) is 11.8. The predicted molar refractivity (Wildman–Crippen MR) is 82.4 cm³/mol. The van der Waals surface area contributed by atoms with Crippen LogP contribution in [0.4, 0.5) is 0 Å². The molecule has 0 aliphatic heterocycles. The summed E-state index contributed by atoms with van der Waals surface area (Å²) in [4.78, 5) is 0. The molecule has 0 heterocycles. The molecule has 0 amide bonds. The molecule has 0 aromatic rings. The minimum atomic E-state index is 0.769. The maximum Gasteiger partial charge on any atom is 0.0478 e. The quantitative estimate of drug-likeness (QED) is 0.414. The van der Waals surface area contributed by atoms with E-state index in [2.05, 4.69) is 34.6 Å². The van der Waals surface area contributed by atoms with Gasteiger partial charge in [-0.1, -0.05) is 59.7 Å². The summed E-state index contributed by atoms with van der Waals surface area (Å²) in [7, 11) is 0. The Morgan fingerprint density at radius 2 is 1.62 bits per heavy atom. The van der Waals surface area contributed by atoms with Crippen LogP contribution in [0.15, 0.2) is 0 Å². The van der Waals surface area contributed by atoms with Crippen LogP contribution >= 0.6 is 24.0 Å². The summed E-state index contributed by atoms with van der Waals surface area (Å²) in [6.07, 6.45) is 5.01. The molecule has 0 nitrogen and oxygen atoms in total. The highest BCUT2D eigenvalue weighted by molar-refractivity contribution is 8.23. The smallest absolute Gasteiger partial charge is 0.0478 e. The molecule has 0 spiro atoms. The number of thioether (sulfide) groups is 1. The van der Waals surface area contributed by atoms with Gasteiger partial charge in [0.25, 0.3) is 0 Å². The van der Waals surface area contributed by atoms with Crippen molar-refractivity contribution >= 4 is 28.2 Å². The van der Waals surface area contributed by atoms with Crippen molar-refractivity contribution in [3.63, 3.8) is 0 Å². The molecule has 0 fully saturated rings. The van der Waals surface area contributed by atoms with Crippen molar-refractivity contribution in [3.8, 4) is 0 Å². The first-order valence-electron chi connectivity index (χ1n) is 6.64. The fourth-order valence-corrected chi connectivity index (χ4v) is 3.72. The third kappa shape index (κ3) is 7.67. The zero-order valence-corrected chi connectivity index (χ0v) is 13.2. The van der Waals surface area contributed by atoms with Gasteiger partial charge in [0.15, 0.2) is 0 Å². The van der Waals surface area contributed by atoms with Crippen molar-refractivity contribution in [3.05, 3.63) is 0 Å². The summed E-state index contributed by atoms with van der Waals surface area (Å²) >= 11 is 7.34. The standard InChI is InChI=1S/C14H28S2/c1-6-7-8-9-14(15)16-10-13(11(2)3)12(4)5/h11-13H,6-10H2,1-5H3. The average Bonchev–Trinajstić information content (AvgIpc) is 2.17. The number of hydrogen-bond acceptors (Lipinski definition) is 2. The minimum absolute atomic E-state index is 0.769. The van der Waals surface area contributed by atoms with E-state index in [0.29, 0.717) is 0 Å². The monoisotopic (exact) mass is 260 g/mol. The lowest BCUT2D eigenvalue weighted by atomic mass is 9.87. The van der Waals surface area contributed by atoms with Gasteiger partial charge < -0.3 is 0 Å². The van der Waals surface area contributed by atoms with Crippen LogP contribution in [0.1, 0.15) is 60.3 Å². The van der Waals surface area contributed by atoms with Crippen LogP contribution in [0.5, 0.6) is 0 Å². The molecule has 0 saturated heterocycles. The minimum Gasteiger partial charge on any atom is -0.119 e. The van der Waals surface area contributed by atoms with Gasteiger partial charge in [0.1, 0.15) is 0 Å². The molecule has 2 heteroatoms. The van der Waals surface area contributed by atoms with Gasteiger partial charge in [-0.2, -0.15) is 0 Å². The molecular weight excluding hydrogens is 232 g/mol. The Morgan fingerprint density at radius 1 is 1.06 bits per heavy atom. The second-order valence-electron chi connectivity index (χ2n) is 5.29. The zero-order valence-electron chi connectivity index (χ0n) is 11.6. The Bertz CT molecular complexity index is 177. The van der Waals surface area contributed by atoms with Gasteiger partial charge in [-0.25, -0.2) is 0 Å². The second kappa shape index (κ2) is 9.47. The molecule has 0 aromatic carbocycles. The van der Waals surface area contributed by atoms with Gasteiger partial charge in [-0.05, 0) is 30.6 Å². The van der Waals surface area contributed by atoms with Crippen molar-refractivity contribution in [1.82, 2.24) is 0 Å². The summed E-state index contributed by atoms with van der Waals surface area (Å²) in [5, 5.41) is 0. The van der Waals surface area contributed by atoms with Gasteiger partial charge in [-0.15, -0.1) is 11.8 Å². The van der Waals surface area contributed by atoms with E-state index in [9.17, 15) is 0 Å². The first kappa shape index (κ1) is 16.4. The van der Waals surface area contributed by atoms with Crippen LogP contribution in [0.3, 0.4) is 0 Å². The summed E-state index contributed by atoms with van der Waals surface area (Å²) in [5.41, 5.74) is 0. The molecule has 0 radical (unpaired) electrons. The van der Waals surface area contributed by atoms with Crippen molar-refractivity contribution in [1.29, 1.82) is 0 Å². The van der Waals surface area contributed by atoms with E-state index in [1.807, 2.05) is 11.8 Å². The highest BCUT2D eigenvalue weighted by Gasteiger charge is 2.17. The molecule has 0 aliphatic carbocycles. The first-order valence-corrected chi connectivity index (χ1v) is 8.04. The lowest BCUT2D eigenvalue weighted by Crippen LogP contribution is -2.18. The molecule has 0 aliphatic rings. The number of rotatable bonds is 8. The van der Waals surface area contributed by atoms with Gasteiger partial charge >= 0.3 is 0 Å². The van der Waals surface area contributed by atoms with E-state index in [0.717, 1.165) is 24.2 Å². The van der Waals surface area contributed by atoms with E-state index in [1.54, 1.807) is 0 Å². The van der Waals surface area contributed by atoms with Gasteiger partial charge in [0.05, 0.1) is 0 Å². The SMILES string of the molecule is CCCCCC(=S)SCC(C(C)C)C(C)C. The second-order valence-corrected chi connectivity index (χ2v) is 7.16. The first-order chi connectivity index (χ1) is 7.49. The Morgan fingerprint density at radius 3 is 2.06 bits per heavy atom.